The summed E-state index contributed by atoms with van der Waals surface area (Å²) in [5, 5.41) is 4.22. The predicted octanol–water partition coefficient (Wildman–Crippen LogP) is 3.50. The summed E-state index contributed by atoms with van der Waals surface area (Å²) in [5.74, 6) is 0.587. The number of rotatable bonds is 5. The number of aryl methyl sites for hydroxylation is 2. The third-order valence-electron chi connectivity index (χ3n) is 5.73. The maximum atomic E-state index is 12.9. The fourth-order valence-electron chi connectivity index (χ4n) is 3.79. The van der Waals surface area contributed by atoms with Gasteiger partial charge in [0.1, 0.15) is 11.3 Å². The predicted molar refractivity (Wildman–Crippen MR) is 119 cm³/mol. The maximum Gasteiger partial charge on any atom is 0.336 e. The van der Waals surface area contributed by atoms with E-state index < -0.39 is 0 Å². The van der Waals surface area contributed by atoms with Gasteiger partial charge in [-0.3, -0.25) is 4.79 Å². The van der Waals surface area contributed by atoms with Gasteiger partial charge in [0, 0.05) is 36.7 Å². The van der Waals surface area contributed by atoms with Crippen molar-refractivity contribution < 1.29 is 18.7 Å². The number of carbonyl (C=O) groups excluding carboxylic acids is 1. The summed E-state index contributed by atoms with van der Waals surface area (Å²) in [6, 6.07) is 10.8. The van der Waals surface area contributed by atoms with E-state index in [9.17, 15) is 9.59 Å². The molecule has 0 atom stereocenters. The summed E-state index contributed by atoms with van der Waals surface area (Å²) in [6.07, 6.45) is 0. The van der Waals surface area contributed by atoms with Crippen LogP contribution in [0.15, 0.2) is 45.6 Å². The second-order valence-electron chi connectivity index (χ2n) is 7.65. The average Bonchev–Trinajstić information content (AvgIpc) is 2.80. The highest BCUT2D eigenvalue weighted by Crippen LogP contribution is 2.28. The first kappa shape index (κ1) is 20.9. The van der Waals surface area contributed by atoms with Gasteiger partial charge >= 0.3 is 5.63 Å². The maximum absolute atomic E-state index is 12.9. The lowest BCUT2D eigenvalue weighted by molar-refractivity contribution is 0.0303. The first-order valence-electron chi connectivity index (χ1n) is 10.3. The smallest absolute Gasteiger partial charge is 0.336 e. The number of hydrogen-bond acceptors (Lipinski definition) is 6. The summed E-state index contributed by atoms with van der Waals surface area (Å²) in [6.45, 7) is 6.58. The number of nitrogens with one attached hydrogen (secondary N) is 1. The molecule has 31 heavy (non-hydrogen) atoms. The highest BCUT2D eigenvalue weighted by molar-refractivity contribution is 5.95. The van der Waals surface area contributed by atoms with Crippen LogP contribution in [0.5, 0.6) is 5.75 Å². The molecule has 1 aliphatic heterocycles. The van der Waals surface area contributed by atoms with Crippen molar-refractivity contribution in [3.05, 3.63) is 69.1 Å². The molecule has 1 aromatic heterocycles. The van der Waals surface area contributed by atoms with Crippen molar-refractivity contribution in [1.29, 1.82) is 0 Å². The molecule has 162 valence electrons. The first-order valence-corrected chi connectivity index (χ1v) is 10.3. The lowest BCUT2D eigenvalue weighted by Gasteiger charge is -2.27. The minimum absolute atomic E-state index is 0.0362. The zero-order valence-electron chi connectivity index (χ0n) is 18.0. The molecule has 0 unspecified atom stereocenters. The van der Waals surface area contributed by atoms with Gasteiger partial charge in [0.15, 0.2) is 0 Å². The van der Waals surface area contributed by atoms with E-state index in [0.29, 0.717) is 55.4 Å². The summed E-state index contributed by atoms with van der Waals surface area (Å²) in [5.41, 5.74) is 4.32. The Morgan fingerprint density at radius 3 is 2.65 bits per heavy atom. The normalized spacial score (nSPS) is 14.0. The van der Waals surface area contributed by atoms with Crippen LogP contribution in [0.2, 0.25) is 0 Å². The monoisotopic (exact) mass is 422 g/mol. The molecule has 0 saturated carbocycles. The summed E-state index contributed by atoms with van der Waals surface area (Å²) in [4.78, 5) is 26.8. The summed E-state index contributed by atoms with van der Waals surface area (Å²) < 4.78 is 16.3. The molecule has 7 nitrogen and oxygen atoms in total. The SMILES string of the molecule is COc1ccc(C(=O)N2CCOCC2)cc1NCc1cc(=O)oc2c(C)c(C)ccc12. The van der Waals surface area contributed by atoms with E-state index in [-0.39, 0.29) is 11.5 Å². The number of methoxy groups -OCH3 is 1. The van der Waals surface area contributed by atoms with Gasteiger partial charge in [-0.25, -0.2) is 4.79 Å². The Kier molecular flexibility index (Phi) is 5.95. The molecule has 0 bridgehead atoms. The van der Waals surface area contributed by atoms with E-state index in [0.717, 1.165) is 22.1 Å². The molecule has 1 aliphatic rings. The highest BCUT2D eigenvalue weighted by atomic mass is 16.5. The number of morpholine rings is 1. The molecule has 1 N–H and O–H groups in total. The standard InChI is InChI=1S/C24H26N2O5/c1-15-4-6-19-18(13-22(27)31-23(19)16(15)2)14-25-20-12-17(5-7-21(20)29-3)24(28)26-8-10-30-11-9-26/h4-7,12-13,25H,8-11,14H2,1-3H3. The van der Waals surface area contributed by atoms with Crippen LogP contribution in [0.1, 0.15) is 27.0 Å². The van der Waals surface area contributed by atoms with Crippen LogP contribution in [-0.2, 0) is 11.3 Å². The van der Waals surface area contributed by atoms with E-state index in [1.54, 1.807) is 30.2 Å². The fourth-order valence-corrected chi connectivity index (χ4v) is 3.79. The number of amides is 1. The molecule has 0 spiro atoms. The van der Waals surface area contributed by atoms with Gasteiger partial charge in [0.2, 0.25) is 0 Å². The second-order valence-corrected chi connectivity index (χ2v) is 7.65. The van der Waals surface area contributed by atoms with Gasteiger partial charge in [-0.05, 0) is 48.7 Å². The number of hydrogen-bond donors (Lipinski definition) is 1. The largest absolute Gasteiger partial charge is 0.495 e. The lowest BCUT2D eigenvalue weighted by atomic mass is 10.0. The Labute approximate surface area is 180 Å². The van der Waals surface area contributed by atoms with Crippen molar-refractivity contribution in [2.24, 2.45) is 0 Å². The van der Waals surface area contributed by atoms with Gasteiger partial charge in [0.05, 0.1) is 26.0 Å². The number of nitrogens with zero attached hydrogens (tertiary/aromatic N) is 1. The summed E-state index contributed by atoms with van der Waals surface area (Å²) in [7, 11) is 1.59. The van der Waals surface area contributed by atoms with Gasteiger partial charge in [0.25, 0.3) is 5.91 Å². The third-order valence-corrected chi connectivity index (χ3v) is 5.73. The molecule has 2 heterocycles. The molecule has 0 aliphatic carbocycles. The van der Waals surface area contributed by atoms with Crippen LogP contribution in [-0.4, -0.2) is 44.2 Å². The van der Waals surface area contributed by atoms with Crippen LogP contribution in [0.25, 0.3) is 11.0 Å². The van der Waals surface area contributed by atoms with Gasteiger partial charge < -0.3 is 24.1 Å². The van der Waals surface area contributed by atoms with Crippen molar-refractivity contribution in [1.82, 2.24) is 4.90 Å². The Hall–Kier alpha value is -3.32. The number of anilines is 1. The molecule has 1 fully saturated rings. The highest BCUT2D eigenvalue weighted by Gasteiger charge is 2.20. The fraction of sp³-hybridized carbons (Fsp3) is 0.333. The van der Waals surface area contributed by atoms with Crippen molar-refractivity contribution in [2.75, 3.05) is 38.7 Å². The first-order chi connectivity index (χ1) is 15.0. The minimum atomic E-state index is -0.388. The third kappa shape index (κ3) is 4.27. The quantitative estimate of drug-likeness (QED) is 0.634. The Morgan fingerprint density at radius 1 is 1.13 bits per heavy atom. The van der Waals surface area contributed by atoms with E-state index in [4.69, 9.17) is 13.9 Å². The Morgan fingerprint density at radius 2 is 1.90 bits per heavy atom. The van der Waals surface area contributed by atoms with Gasteiger partial charge in [-0.1, -0.05) is 12.1 Å². The van der Waals surface area contributed by atoms with Crippen LogP contribution in [0.4, 0.5) is 5.69 Å². The summed E-state index contributed by atoms with van der Waals surface area (Å²) >= 11 is 0. The van der Waals surface area contributed by atoms with Gasteiger partial charge in [-0.2, -0.15) is 0 Å². The van der Waals surface area contributed by atoms with E-state index >= 15 is 0 Å². The van der Waals surface area contributed by atoms with E-state index in [1.807, 2.05) is 26.0 Å². The average molecular weight is 422 g/mol. The van der Waals surface area contributed by atoms with Gasteiger partial charge in [-0.15, -0.1) is 0 Å². The van der Waals surface area contributed by atoms with Crippen molar-refractivity contribution in [3.63, 3.8) is 0 Å². The van der Waals surface area contributed by atoms with E-state index in [2.05, 4.69) is 5.32 Å². The molecule has 3 aromatic rings. The molecule has 4 rings (SSSR count). The molecule has 7 heteroatoms. The van der Waals surface area contributed by atoms with Crippen molar-refractivity contribution in [3.8, 4) is 5.75 Å². The van der Waals surface area contributed by atoms with Crippen LogP contribution in [0.3, 0.4) is 0 Å². The number of fused-ring (bicyclic) bond motifs is 1. The number of ether oxygens (including phenoxy) is 2. The lowest BCUT2D eigenvalue weighted by Crippen LogP contribution is -2.40. The van der Waals surface area contributed by atoms with Crippen LogP contribution in [0, 0.1) is 13.8 Å². The molecular weight excluding hydrogens is 396 g/mol. The van der Waals surface area contributed by atoms with Crippen molar-refractivity contribution >= 4 is 22.6 Å². The Balaban J connectivity index is 1.63. The molecule has 1 amide bonds. The van der Waals surface area contributed by atoms with E-state index in [1.165, 1.54) is 6.07 Å². The molecule has 1 saturated heterocycles. The van der Waals surface area contributed by atoms with Crippen LogP contribution < -0.4 is 15.7 Å². The Bertz CT molecular complexity index is 1180. The van der Waals surface area contributed by atoms with Crippen LogP contribution >= 0.6 is 0 Å². The molecule has 2 aromatic carbocycles. The second kappa shape index (κ2) is 8.81. The zero-order chi connectivity index (χ0) is 22.0. The number of benzene rings is 2. The minimum Gasteiger partial charge on any atom is -0.495 e. The number of carbonyl (C=O) groups is 1. The zero-order valence-corrected chi connectivity index (χ0v) is 18.0. The van der Waals surface area contributed by atoms with Crippen molar-refractivity contribution in [2.45, 2.75) is 20.4 Å². The topological polar surface area (TPSA) is 81.0 Å². The molecule has 0 radical (unpaired) electrons. The molecular formula is C24H26N2O5.